The molecule has 23 heavy (non-hydrogen) atoms. The first kappa shape index (κ1) is 18.1. The minimum atomic E-state index is -0.895. The predicted molar refractivity (Wildman–Crippen MR) is 87.7 cm³/mol. The third kappa shape index (κ3) is 3.83. The molecule has 0 bridgehead atoms. The van der Waals surface area contributed by atoms with Crippen molar-refractivity contribution >= 4 is 18.3 Å². The molecule has 0 saturated carbocycles. The third-order valence-corrected chi connectivity index (χ3v) is 5.15. The van der Waals surface area contributed by atoms with Gasteiger partial charge in [0.1, 0.15) is 0 Å². The van der Waals surface area contributed by atoms with E-state index < -0.39 is 17.6 Å². The van der Waals surface area contributed by atoms with Gasteiger partial charge in [0, 0.05) is 13.1 Å². The molecule has 128 valence electrons. The van der Waals surface area contributed by atoms with Crippen LogP contribution in [-0.2, 0) is 4.79 Å². The van der Waals surface area contributed by atoms with Crippen molar-refractivity contribution in [3.63, 3.8) is 0 Å². The van der Waals surface area contributed by atoms with Crippen LogP contribution >= 0.6 is 12.4 Å². The fourth-order valence-corrected chi connectivity index (χ4v) is 3.64. The molecule has 1 aromatic rings. The summed E-state index contributed by atoms with van der Waals surface area (Å²) in [5.41, 5.74) is 0.537. The second kappa shape index (κ2) is 7.58. The van der Waals surface area contributed by atoms with E-state index in [-0.39, 0.29) is 18.3 Å². The number of nitrogens with one attached hydrogen (secondary N) is 1. The number of carbonyl (C=O) groups excluding carboxylic acids is 1. The molecule has 1 unspecified atom stereocenters. The van der Waals surface area contributed by atoms with Crippen LogP contribution in [0.25, 0.3) is 0 Å². The maximum absolute atomic E-state index is 13.4. The first-order chi connectivity index (χ1) is 10.6. The van der Waals surface area contributed by atoms with Gasteiger partial charge in [-0.05, 0) is 62.4 Å². The summed E-state index contributed by atoms with van der Waals surface area (Å²) in [6.45, 7) is 5.38. The van der Waals surface area contributed by atoms with Gasteiger partial charge in [0.2, 0.25) is 5.91 Å². The largest absolute Gasteiger partial charge is 0.342 e. The minimum absolute atomic E-state index is 0. The minimum Gasteiger partial charge on any atom is -0.342 e. The molecule has 2 aliphatic rings. The highest BCUT2D eigenvalue weighted by molar-refractivity contribution is 5.85. The van der Waals surface area contributed by atoms with Gasteiger partial charge in [-0.2, -0.15) is 0 Å². The Bertz CT molecular complexity index is 556. The summed E-state index contributed by atoms with van der Waals surface area (Å²) >= 11 is 0. The van der Waals surface area contributed by atoms with E-state index in [0.717, 1.165) is 51.2 Å². The maximum atomic E-state index is 13.4. The van der Waals surface area contributed by atoms with Crippen LogP contribution in [0.5, 0.6) is 0 Å². The third-order valence-electron chi connectivity index (χ3n) is 5.15. The lowest BCUT2D eigenvalue weighted by molar-refractivity contribution is -0.132. The highest BCUT2D eigenvalue weighted by atomic mass is 35.5. The number of rotatable bonds is 2. The number of halogens is 3. The molecule has 1 amide bonds. The molecule has 6 heteroatoms. The molecule has 3 nitrogen and oxygen atoms in total. The molecule has 1 aromatic carbocycles. The average molecular weight is 345 g/mol. The van der Waals surface area contributed by atoms with E-state index in [1.807, 2.05) is 4.90 Å². The second-order valence-electron chi connectivity index (χ2n) is 6.48. The second-order valence-corrected chi connectivity index (χ2v) is 6.48. The van der Waals surface area contributed by atoms with E-state index in [4.69, 9.17) is 0 Å². The van der Waals surface area contributed by atoms with Crippen molar-refractivity contribution in [3.05, 3.63) is 35.4 Å². The summed E-state index contributed by atoms with van der Waals surface area (Å²) in [5.74, 6) is -0.870. The van der Waals surface area contributed by atoms with Crippen LogP contribution in [0.3, 0.4) is 0 Å². The Balaban J connectivity index is 0.00000192. The van der Waals surface area contributed by atoms with Crippen LogP contribution in [0, 0.1) is 23.5 Å². The molecule has 3 rings (SSSR count). The van der Waals surface area contributed by atoms with Crippen LogP contribution in [0.1, 0.15) is 31.2 Å². The fraction of sp³-hybridized carbons (Fsp3) is 0.588. The molecular formula is C17H23ClF2N2O. The van der Waals surface area contributed by atoms with E-state index in [1.54, 1.807) is 6.92 Å². The molecule has 2 heterocycles. The lowest BCUT2D eigenvalue weighted by Crippen LogP contribution is -2.35. The van der Waals surface area contributed by atoms with Crippen LogP contribution in [0.4, 0.5) is 8.78 Å². The van der Waals surface area contributed by atoms with Gasteiger partial charge in [0.15, 0.2) is 11.6 Å². The summed E-state index contributed by atoms with van der Waals surface area (Å²) in [4.78, 5) is 14.6. The smallest absolute Gasteiger partial charge is 0.229 e. The SMILES string of the molecule is CC(C(=O)N1CC[C@@H]2CNC[C@@H]2CC1)c1ccc(F)c(F)c1.Cl. The van der Waals surface area contributed by atoms with Gasteiger partial charge in [0.05, 0.1) is 5.92 Å². The molecule has 0 spiro atoms. The number of carbonyl (C=O) groups is 1. The highest BCUT2D eigenvalue weighted by Crippen LogP contribution is 2.29. The number of hydrogen-bond acceptors (Lipinski definition) is 2. The lowest BCUT2D eigenvalue weighted by Gasteiger charge is -2.25. The van der Waals surface area contributed by atoms with Crippen LogP contribution in [0.15, 0.2) is 18.2 Å². The zero-order valence-electron chi connectivity index (χ0n) is 13.2. The Labute approximate surface area is 141 Å². The molecule has 0 radical (unpaired) electrons. The molecular weight excluding hydrogens is 322 g/mol. The topological polar surface area (TPSA) is 32.3 Å². The predicted octanol–water partition coefficient (Wildman–Crippen LogP) is 2.95. The van der Waals surface area contributed by atoms with Gasteiger partial charge in [-0.3, -0.25) is 4.79 Å². The molecule has 2 saturated heterocycles. The molecule has 0 aromatic heterocycles. The van der Waals surface area contributed by atoms with Gasteiger partial charge in [-0.25, -0.2) is 8.78 Å². The zero-order chi connectivity index (χ0) is 15.7. The van der Waals surface area contributed by atoms with E-state index in [0.29, 0.717) is 17.4 Å². The van der Waals surface area contributed by atoms with Gasteiger partial charge < -0.3 is 10.2 Å². The van der Waals surface area contributed by atoms with E-state index in [9.17, 15) is 13.6 Å². The first-order valence-corrected chi connectivity index (χ1v) is 8.00. The Kier molecular flexibility index (Phi) is 5.98. The van der Waals surface area contributed by atoms with Crippen molar-refractivity contribution in [2.75, 3.05) is 26.2 Å². The summed E-state index contributed by atoms with van der Waals surface area (Å²) in [7, 11) is 0. The average Bonchev–Trinajstić information content (AvgIpc) is 2.87. The van der Waals surface area contributed by atoms with E-state index >= 15 is 0 Å². The Morgan fingerprint density at radius 3 is 2.35 bits per heavy atom. The van der Waals surface area contributed by atoms with Crippen molar-refractivity contribution < 1.29 is 13.6 Å². The number of amides is 1. The molecule has 3 atom stereocenters. The number of nitrogens with zero attached hydrogens (tertiary/aromatic N) is 1. The fourth-order valence-electron chi connectivity index (χ4n) is 3.64. The van der Waals surface area contributed by atoms with Crippen LogP contribution < -0.4 is 5.32 Å². The van der Waals surface area contributed by atoms with Crippen LogP contribution in [0.2, 0.25) is 0 Å². The van der Waals surface area contributed by atoms with Crippen molar-refractivity contribution in [1.82, 2.24) is 10.2 Å². The Hall–Kier alpha value is -1.20. The number of likely N-dealkylation sites (tertiary alicyclic amines) is 1. The van der Waals surface area contributed by atoms with Gasteiger partial charge >= 0.3 is 0 Å². The van der Waals surface area contributed by atoms with E-state index in [1.165, 1.54) is 6.07 Å². The highest BCUT2D eigenvalue weighted by Gasteiger charge is 2.32. The molecule has 0 aliphatic carbocycles. The van der Waals surface area contributed by atoms with Crippen molar-refractivity contribution in [2.45, 2.75) is 25.7 Å². The van der Waals surface area contributed by atoms with Crippen LogP contribution in [-0.4, -0.2) is 37.0 Å². The normalized spacial score (nSPS) is 25.3. The number of fused-ring (bicyclic) bond motifs is 1. The lowest BCUT2D eigenvalue weighted by atomic mass is 9.92. The Morgan fingerprint density at radius 1 is 1.17 bits per heavy atom. The van der Waals surface area contributed by atoms with Crippen molar-refractivity contribution in [3.8, 4) is 0 Å². The summed E-state index contributed by atoms with van der Waals surface area (Å²) in [5, 5.41) is 3.42. The van der Waals surface area contributed by atoms with E-state index in [2.05, 4.69) is 5.32 Å². The quantitative estimate of drug-likeness (QED) is 0.894. The summed E-state index contributed by atoms with van der Waals surface area (Å²) < 4.78 is 26.4. The van der Waals surface area contributed by atoms with Gasteiger partial charge in [0.25, 0.3) is 0 Å². The van der Waals surface area contributed by atoms with Gasteiger partial charge in [-0.15, -0.1) is 12.4 Å². The zero-order valence-corrected chi connectivity index (χ0v) is 14.0. The summed E-state index contributed by atoms with van der Waals surface area (Å²) in [6.07, 6.45) is 2.04. The van der Waals surface area contributed by atoms with Gasteiger partial charge in [-0.1, -0.05) is 6.07 Å². The number of hydrogen-bond donors (Lipinski definition) is 1. The first-order valence-electron chi connectivity index (χ1n) is 8.00. The van der Waals surface area contributed by atoms with Crippen molar-refractivity contribution in [1.29, 1.82) is 0 Å². The summed E-state index contributed by atoms with van der Waals surface area (Å²) in [6, 6.07) is 3.72. The monoisotopic (exact) mass is 344 g/mol. The van der Waals surface area contributed by atoms with Crippen molar-refractivity contribution in [2.24, 2.45) is 11.8 Å². The maximum Gasteiger partial charge on any atom is 0.229 e. The Morgan fingerprint density at radius 2 is 1.78 bits per heavy atom. The number of benzene rings is 1. The standard InChI is InChI=1S/C17H22F2N2O.ClH/c1-11(12-2-3-15(18)16(19)8-12)17(22)21-6-4-13-9-20-10-14(13)5-7-21;/h2-3,8,11,13-14,20H,4-7,9-10H2,1H3;1H/t11?,13-,14+;. The molecule has 2 aliphatic heterocycles. The molecule has 2 fully saturated rings. The molecule has 1 N–H and O–H groups in total.